The number of hydrogen-bond donors (Lipinski definition) is 1. The SMILES string of the molecule is Fc1cc(F)cc(/C=C/C2CCCN2)c1. The molecule has 1 N–H and O–H groups in total. The van der Waals surface area contributed by atoms with Crippen LogP contribution in [0, 0.1) is 11.6 Å². The van der Waals surface area contributed by atoms with Crippen LogP contribution < -0.4 is 5.32 Å². The van der Waals surface area contributed by atoms with Crippen LogP contribution in [0.3, 0.4) is 0 Å². The molecule has 1 saturated heterocycles. The van der Waals surface area contributed by atoms with E-state index >= 15 is 0 Å². The summed E-state index contributed by atoms with van der Waals surface area (Å²) in [5.74, 6) is -1.07. The monoisotopic (exact) mass is 209 g/mol. The van der Waals surface area contributed by atoms with Crippen LogP contribution in [-0.4, -0.2) is 12.6 Å². The van der Waals surface area contributed by atoms with E-state index in [1.807, 2.05) is 6.08 Å². The maximum atomic E-state index is 12.8. The molecule has 3 heteroatoms. The molecule has 1 atom stereocenters. The number of rotatable bonds is 2. The van der Waals surface area contributed by atoms with E-state index in [4.69, 9.17) is 0 Å². The molecule has 0 bridgehead atoms. The van der Waals surface area contributed by atoms with E-state index in [1.54, 1.807) is 6.08 Å². The summed E-state index contributed by atoms with van der Waals surface area (Å²) in [6, 6.07) is 3.88. The van der Waals surface area contributed by atoms with Crippen molar-refractivity contribution in [3.63, 3.8) is 0 Å². The second kappa shape index (κ2) is 4.53. The lowest BCUT2D eigenvalue weighted by Crippen LogP contribution is -2.17. The highest BCUT2D eigenvalue weighted by Gasteiger charge is 2.09. The Balaban J connectivity index is 2.09. The average molecular weight is 209 g/mol. The summed E-state index contributed by atoms with van der Waals surface area (Å²) >= 11 is 0. The van der Waals surface area contributed by atoms with Gasteiger partial charge in [-0.3, -0.25) is 0 Å². The van der Waals surface area contributed by atoms with Crippen molar-refractivity contribution >= 4 is 6.08 Å². The normalized spacial score (nSPS) is 21.3. The van der Waals surface area contributed by atoms with Crippen LogP contribution in [0.4, 0.5) is 8.78 Å². The summed E-state index contributed by atoms with van der Waals surface area (Å²) < 4.78 is 25.7. The molecule has 0 aliphatic carbocycles. The molecule has 80 valence electrons. The molecule has 0 saturated carbocycles. The lowest BCUT2D eigenvalue weighted by atomic mass is 10.1. The summed E-state index contributed by atoms with van der Waals surface area (Å²) in [5.41, 5.74) is 0.571. The number of benzene rings is 1. The maximum Gasteiger partial charge on any atom is 0.126 e. The Morgan fingerprint density at radius 1 is 1.20 bits per heavy atom. The Kier molecular flexibility index (Phi) is 3.11. The van der Waals surface area contributed by atoms with E-state index in [2.05, 4.69) is 5.32 Å². The highest BCUT2D eigenvalue weighted by Crippen LogP contribution is 2.12. The summed E-state index contributed by atoms with van der Waals surface area (Å²) in [5, 5.41) is 3.28. The molecule has 2 rings (SSSR count). The minimum absolute atomic E-state index is 0.344. The van der Waals surface area contributed by atoms with Crippen molar-refractivity contribution in [1.29, 1.82) is 0 Å². The molecule has 1 aliphatic rings. The molecule has 1 aliphatic heterocycles. The largest absolute Gasteiger partial charge is 0.311 e. The van der Waals surface area contributed by atoms with E-state index in [-0.39, 0.29) is 0 Å². The van der Waals surface area contributed by atoms with Crippen molar-refractivity contribution in [3.8, 4) is 0 Å². The van der Waals surface area contributed by atoms with Gasteiger partial charge >= 0.3 is 0 Å². The van der Waals surface area contributed by atoms with Gasteiger partial charge in [-0.05, 0) is 37.1 Å². The number of halogens is 2. The van der Waals surface area contributed by atoms with Gasteiger partial charge in [0.1, 0.15) is 11.6 Å². The Morgan fingerprint density at radius 3 is 2.53 bits per heavy atom. The van der Waals surface area contributed by atoms with Gasteiger partial charge in [-0.25, -0.2) is 8.78 Å². The molecule has 0 aromatic heterocycles. The van der Waals surface area contributed by atoms with Crippen LogP contribution in [0.1, 0.15) is 18.4 Å². The zero-order valence-electron chi connectivity index (χ0n) is 8.34. The molecule has 1 unspecified atom stereocenters. The molecular formula is C12H13F2N. The minimum Gasteiger partial charge on any atom is -0.311 e. The summed E-state index contributed by atoms with van der Waals surface area (Å²) in [4.78, 5) is 0. The third-order valence-corrected chi connectivity index (χ3v) is 2.50. The van der Waals surface area contributed by atoms with Crippen LogP contribution >= 0.6 is 0 Å². The van der Waals surface area contributed by atoms with E-state index < -0.39 is 11.6 Å². The van der Waals surface area contributed by atoms with Crippen LogP contribution in [0.5, 0.6) is 0 Å². The second-order valence-corrected chi connectivity index (χ2v) is 3.76. The fourth-order valence-corrected chi connectivity index (χ4v) is 1.77. The van der Waals surface area contributed by atoms with Gasteiger partial charge in [0.2, 0.25) is 0 Å². The molecule has 1 heterocycles. The zero-order chi connectivity index (χ0) is 10.7. The van der Waals surface area contributed by atoms with Crippen LogP contribution in [0.25, 0.3) is 6.08 Å². The molecule has 0 spiro atoms. The van der Waals surface area contributed by atoms with Gasteiger partial charge in [0.15, 0.2) is 0 Å². The van der Waals surface area contributed by atoms with E-state index in [0.29, 0.717) is 11.6 Å². The Bertz CT molecular complexity index is 348. The summed E-state index contributed by atoms with van der Waals surface area (Å²) in [6.07, 6.45) is 5.97. The Morgan fingerprint density at radius 2 is 1.93 bits per heavy atom. The molecule has 1 nitrogen and oxygen atoms in total. The summed E-state index contributed by atoms with van der Waals surface area (Å²) in [6.45, 7) is 1.02. The first-order chi connectivity index (χ1) is 7.24. The smallest absolute Gasteiger partial charge is 0.126 e. The van der Waals surface area contributed by atoms with Crippen molar-refractivity contribution in [3.05, 3.63) is 41.5 Å². The zero-order valence-corrected chi connectivity index (χ0v) is 8.34. The predicted molar refractivity (Wildman–Crippen MR) is 56.4 cm³/mol. The van der Waals surface area contributed by atoms with Crippen molar-refractivity contribution in [1.82, 2.24) is 5.32 Å². The Hall–Kier alpha value is -1.22. The molecule has 0 radical (unpaired) electrons. The first kappa shape index (κ1) is 10.3. The van der Waals surface area contributed by atoms with Crippen LogP contribution in [0.15, 0.2) is 24.3 Å². The second-order valence-electron chi connectivity index (χ2n) is 3.76. The van der Waals surface area contributed by atoms with Gasteiger partial charge in [0.05, 0.1) is 0 Å². The highest BCUT2D eigenvalue weighted by molar-refractivity contribution is 5.50. The van der Waals surface area contributed by atoms with Gasteiger partial charge in [0.25, 0.3) is 0 Å². The Labute approximate surface area is 87.8 Å². The summed E-state index contributed by atoms with van der Waals surface area (Å²) in [7, 11) is 0. The quantitative estimate of drug-likeness (QED) is 0.789. The molecule has 1 fully saturated rings. The molecule has 15 heavy (non-hydrogen) atoms. The van der Waals surface area contributed by atoms with Crippen LogP contribution in [0.2, 0.25) is 0 Å². The van der Waals surface area contributed by atoms with E-state index in [9.17, 15) is 8.78 Å². The minimum atomic E-state index is -0.533. The lowest BCUT2D eigenvalue weighted by molar-refractivity contribution is 0.583. The first-order valence-electron chi connectivity index (χ1n) is 5.12. The molecular weight excluding hydrogens is 196 g/mol. The van der Waals surface area contributed by atoms with Gasteiger partial charge in [-0.15, -0.1) is 0 Å². The molecule has 1 aromatic carbocycles. The first-order valence-corrected chi connectivity index (χ1v) is 5.12. The predicted octanol–water partition coefficient (Wildman–Crippen LogP) is 2.73. The van der Waals surface area contributed by atoms with Crippen LogP contribution in [-0.2, 0) is 0 Å². The van der Waals surface area contributed by atoms with E-state index in [1.165, 1.54) is 12.1 Å². The number of nitrogens with one attached hydrogen (secondary N) is 1. The van der Waals surface area contributed by atoms with Gasteiger partial charge in [-0.1, -0.05) is 12.2 Å². The van der Waals surface area contributed by atoms with Gasteiger partial charge in [0, 0.05) is 12.1 Å². The van der Waals surface area contributed by atoms with Crippen molar-refractivity contribution in [2.45, 2.75) is 18.9 Å². The fourth-order valence-electron chi connectivity index (χ4n) is 1.77. The number of hydrogen-bond acceptors (Lipinski definition) is 1. The third kappa shape index (κ3) is 2.86. The highest BCUT2D eigenvalue weighted by atomic mass is 19.1. The molecule has 0 amide bonds. The third-order valence-electron chi connectivity index (χ3n) is 2.50. The van der Waals surface area contributed by atoms with Crippen molar-refractivity contribution in [2.75, 3.05) is 6.54 Å². The molecule has 1 aromatic rings. The average Bonchev–Trinajstić information content (AvgIpc) is 2.65. The lowest BCUT2D eigenvalue weighted by Gasteiger charge is -2.02. The van der Waals surface area contributed by atoms with Gasteiger partial charge < -0.3 is 5.32 Å². The van der Waals surface area contributed by atoms with Crippen molar-refractivity contribution < 1.29 is 8.78 Å². The topological polar surface area (TPSA) is 12.0 Å². The standard InChI is InChI=1S/C12H13F2N/c13-10-6-9(7-11(14)8-10)3-4-12-2-1-5-15-12/h3-4,6-8,12,15H,1-2,5H2/b4-3+. The fraction of sp³-hybridized carbons (Fsp3) is 0.333. The van der Waals surface area contributed by atoms with Gasteiger partial charge in [-0.2, -0.15) is 0 Å². The van der Waals surface area contributed by atoms with Crippen molar-refractivity contribution in [2.24, 2.45) is 0 Å². The van der Waals surface area contributed by atoms with E-state index in [0.717, 1.165) is 25.5 Å². The maximum absolute atomic E-state index is 12.8.